The lowest BCUT2D eigenvalue weighted by atomic mass is 10.1. The molecule has 0 saturated carbocycles. The predicted octanol–water partition coefficient (Wildman–Crippen LogP) is 2.53. The van der Waals surface area contributed by atoms with Gasteiger partial charge in [0.25, 0.3) is 0 Å². The number of hydrogen-bond acceptors (Lipinski definition) is 5. The quantitative estimate of drug-likeness (QED) is 0.580. The molecular formula is C20H23NO5. The first-order chi connectivity index (χ1) is 12.5. The van der Waals surface area contributed by atoms with Crippen molar-refractivity contribution in [1.82, 2.24) is 5.32 Å². The minimum Gasteiger partial charge on any atom is -0.497 e. The number of rotatable bonds is 8. The van der Waals surface area contributed by atoms with E-state index in [0.717, 1.165) is 23.3 Å². The molecule has 0 bridgehead atoms. The van der Waals surface area contributed by atoms with Gasteiger partial charge in [-0.15, -0.1) is 0 Å². The number of amides is 1. The Morgan fingerprint density at radius 3 is 2.23 bits per heavy atom. The monoisotopic (exact) mass is 357 g/mol. The van der Waals surface area contributed by atoms with Gasteiger partial charge in [-0.1, -0.05) is 18.2 Å². The molecule has 0 saturated heterocycles. The molecule has 2 rings (SSSR count). The summed E-state index contributed by atoms with van der Waals surface area (Å²) in [5, 5.41) is 2.89. The first kappa shape index (κ1) is 19.3. The van der Waals surface area contributed by atoms with E-state index in [-0.39, 0.29) is 12.3 Å². The summed E-state index contributed by atoms with van der Waals surface area (Å²) in [5.41, 5.74) is 1.86. The van der Waals surface area contributed by atoms with Crippen LogP contribution in [0.15, 0.2) is 42.5 Å². The smallest absolute Gasteiger partial charge is 0.308 e. The lowest BCUT2D eigenvalue weighted by Gasteiger charge is -2.10. The maximum Gasteiger partial charge on any atom is 0.308 e. The summed E-state index contributed by atoms with van der Waals surface area (Å²) in [6, 6.07) is 12.8. The molecule has 0 heterocycles. The van der Waals surface area contributed by atoms with Gasteiger partial charge in [-0.05, 0) is 41.8 Å². The molecule has 2 aromatic carbocycles. The summed E-state index contributed by atoms with van der Waals surface area (Å²) in [7, 11) is 3.12. The zero-order valence-electron chi connectivity index (χ0n) is 15.2. The Balaban J connectivity index is 1.87. The van der Waals surface area contributed by atoms with Crippen LogP contribution in [0.3, 0.4) is 0 Å². The van der Waals surface area contributed by atoms with Gasteiger partial charge in [0, 0.05) is 13.5 Å². The molecule has 0 radical (unpaired) electrons. The summed E-state index contributed by atoms with van der Waals surface area (Å²) in [4.78, 5) is 23.3. The molecule has 0 atom stereocenters. The van der Waals surface area contributed by atoms with Crippen LogP contribution in [0.4, 0.5) is 0 Å². The van der Waals surface area contributed by atoms with Crippen molar-refractivity contribution in [3.8, 4) is 17.2 Å². The van der Waals surface area contributed by atoms with Crippen LogP contribution in [-0.4, -0.2) is 32.6 Å². The van der Waals surface area contributed by atoms with E-state index in [4.69, 9.17) is 14.2 Å². The molecule has 0 spiro atoms. The van der Waals surface area contributed by atoms with E-state index in [9.17, 15) is 9.59 Å². The molecule has 1 amide bonds. The normalized spacial score (nSPS) is 10.1. The molecular weight excluding hydrogens is 334 g/mol. The van der Waals surface area contributed by atoms with Gasteiger partial charge in [-0.25, -0.2) is 0 Å². The highest BCUT2D eigenvalue weighted by Crippen LogP contribution is 2.28. The van der Waals surface area contributed by atoms with Crippen LogP contribution in [0.1, 0.15) is 18.1 Å². The third-order valence-electron chi connectivity index (χ3n) is 3.74. The van der Waals surface area contributed by atoms with Crippen molar-refractivity contribution in [2.75, 3.05) is 20.8 Å². The van der Waals surface area contributed by atoms with Crippen LogP contribution in [0.2, 0.25) is 0 Å². The molecule has 0 aliphatic rings. The summed E-state index contributed by atoms with van der Waals surface area (Å²) in [6.07, 6.45) is 0.928. The van der Waals surface area contributed by atoms with Crippen LogP contribution in [0.25, 0.3) is 0 Å². The van der Waals surface area contributed by atoms with E-state index in [0.29, 0.717) is 18.0 Å². The summed E-state index contributed by atoms with van der Waals surface area (Å²) >= 11 is 0. The molecule has 2 aromatic rings. The van der Waals surface area contributed by atoms with Crippen molar-refractivity contribution < 1.29 is 23.8 Å². The number of nitrogens with one attached hydrogen (secondary N) is 1. The Bertz CT molecular complexity index is 755. The largest absolute Gasteiger partial charge is 0.497 e. The molecule has 6 nitrogen and oxygen atoms in total. The van der Waals surface area contributed by atoms with Crippen molar-refractivity contribution in [1.29, 1.82) is 0 Å². The minimum atomic E-state index is -0.440. The lowest BCUT2D eigenvalue weighted by Crippen LogP contribution is -2.27. The molecule has 1 N–H and O–H groups in total. The van der Waals surface area contributed by atoms with Crippen LogP contribution >= 0.6 is 0 Å². The van der Waals surface area contributed by atoms with Gasteiger partial charge in [-0.2, -0.15) is 0 Å². The number of esters is 1. The third kappa shape index (κ3) is 5.81. The van der Waals surface area contributed by atoms with Gasteiger partial charge in [0.1, 0.15) is 5.75 Å². The minimum absolute atomic E-state index is 0.0996. The summed E-state index contributed by atoms with van der Waals surface area (Å²) in [6.45, 7) is 1.86. The first-order valence-electron chi connectivity index (χ1n) is 8.26. The zero-order valence-corrected chi connectivity index (χ0v) is 15.2. The van der Waals surface area contributed by atoms with Crippen molar-refractivity contribution >= 4 is 11.9 Å². The van der Waals surface area contributed by atoms with E-state index in [2.05, 4.69) is 5.32 Å². The molecule has 0 aliphatic heterocycles. The number of benzene rings is 2. The van der Waals surface area contributed by atoms with E-state index >= 15 is 0 Å². The standard InChI is InChI=1S/C20H23NO5/c1-14(22)26-19-12-16(6-9-18(19)25-3)13-20(23)21-11-10-15-4-7-17(24-2)8-5-15/h4-9,12H,10-11,13H2,1-3H3,(H,21,23). The highest BCUT2D eigenvalue weighted by Gasteiger charge is 2.10. The average molecular weight is 357 g/mol. The van der Waals surface area contributed by atoms with Crippen LogP contribution in [-0.2, 0) is 22.4 Å². The molecule has 138 valence electrons. The van der Waals surface area contributed by atoms with Crippen molar-refractivity contribution in [2.45, 2.75) is 19.8 Å². The Kier molecular flexibility index (Phi) is 7.02. The topological polar surface area (TPSA) is 73.9 Å². The fraction of sp³-hybridized carbons (Fsp3) is 0.300. The highest BCUT2D eigenvalue weighted by molar-refractivity contribution is 5.79. The van der Waals surface area contributed by atoms with E-state index in [1.165, 1.54) is 14.0 Å². The Morgan fingerprint density at radius 2 is 1.62 bits per heavy atom. The number of ether oxygens (including phenoxy) is 3. The second-order valence-electron chi connectivity index (χ2n) is 5.70. The molecule has 26 heavy (non-hydrogen) atoms. The van der Waals surface area contributed by atoms with E-state index in [1.54, 1.807) is 25.3 Å². The first-order valence-corrected chi connectivity index (χ1v) is 8.26. The Labute approximate surface area is 153 Å². The van der Waals surface area contributed by atoms with E-state index in [1.807, 2.05) is 24.3 Å². The highest BCUT2D eigenvalue weighted by atomic mass is 16.6. The molecule has 0 aromatic heterocycles. The Hall–Kier alpha value is -3.02. The number of methoxy groups -OCH3 is 2. The fourth-order valence-electron chi connectivity index (χ4n) is 2.45. The second kappa shape index (κ2) is 9.46. The van der Waals surface area contributed by atoms with Gasteiger partial charge in [0.05, 0.1) is 20.6 Å². The van der Waals surface area contributed by atoms with E-state index < -0.39 is 5.97 Å². The molecule has 6 heteroatoms. The fourth-order valence-corrected chi connectivity index (χ4v) is 2.45. The van der Waals surface area contributed by atoms with Gasteiger partial charge in [0.2, 0.25) is 5.91 Å². The van der Waals surface area contributed by atoms with Gasteiger partial charge in [0.15, 0.2) is 11.5 Å². The van der Waals surface area contributed by atoms with Crippen LogP contribution < -0.4 is 19.5 Å². The number of carbonyl (C=O) groups is 2. The summed E-state index contributed by atoms with van der Waals surface area (Å²) < 4.78 is 15.4. The molecule has 0 fully saturated rings. The maximum atomic E-state index is 12.1. The maximum absolute atomic E-state index is 12.1. The van der Waals surface area contributed by atoms with Gasteiger partial charge >= 0.3 is 5.97 Å². The number of hydrogen-bond donors (Lipinski definition) is 1. The average Bonchev–Trinajstić information content (AvgIpc) is 2.62. The molecule has 0 unspecified atom stereocenters. The second-order valence-corrected chi connectivity index (χ2v) is 5.70. The summed E-state index contributed by atoms with van der Waals surface area (Å²) in [5.74, 6) is 1.02. The Morgan fingerprint density at radius 1 is 0.923 bits per heavy atom. The lowest BCUT2D eigenvalue weighted by molar-refractivity contribution is -0.132. The van der Waals surface area contributed by atoms with Gasteiger partial charge < -0.3 is 19.5 Å². The molecule has 0 aliphatic carbocycles. The van der Waals surface area contributed by atoms with Crippen molar-refractivity contribution in [2.24, 2.45) is 0 Å². The van der Waals surface area contributed by atoms with Crippen molar-refractivity contribution in [3.63, 3.8) is 0 Å². The van der Waals surface area contributed by atoms with Crippen molar-refractivity contribution in [3.05, 3.63) is 53.6 Å². The van der Waals surface area contributed by atoms with Crippen LogP contribution in [0.5, 0.6) is 17.2 Å². The third-order valence-corrected chi connectivity index (χ3v) is 3.74. The zero-order chi connectivity index (χ0) is 18.9. The van der Waals surface area contributed by atoms with Gasteiger partial charge in [-0.3, -0.25) is 9.59 Å². The SMILES string of the molecule is COc1ccc(CCNC(=O)Cc2ccc(OC)c(OC(C)=O)c2)cc1. The number of carbonyl (C=O) groups excluding carboxylic acids is 2. The van der Waals surface area contributed by atoms with Crippen LogP contribution in [0, 0.1) is 0 Å². The predicted molar refractivity (Wildman–Crippen MR) is 97.7 cm³/mol.